The van der Waals surface area contributed by atoms with Gasteiger partial charge in [0.1, 0.15) is 13.7 Å². The molecule has 0 saturated carbocycles. The van der Waals surface area contributed by atoms with E-state index < -0.39 is 11.6 Å². The van der Waals surface area contributed by atoms with Gasteiger partial charge in [0, 0.05) is 5.30 Å². The van der Waals surface area contributed by atoms with Crippen LogP contribution in [-0.2, 0) is 0 Å². The van der Waals surface area contributed by atoms with Crippen LogP contribution < -0.4 is 20.8 Å². The summed E-state index contributed by atoms with van der Waals surface area (Å²) in [6.07, 6.45) is -0.243. The van der Waals surface area contributed by atoms with Crippen molar-refractivity contribution in [3.8, 4) is 5.75 Å². The van der Waals surface area contributed by atoms with Gasteiger partial charge in [0.2, 0.25) is 0 Å². The molecule has 0 amide bonds. The summed E-state index contributed by atoms with van der Waals surface area (Å²) in [4.78, 5) is 0. The molecule has 0 bridgehead atoms. The Morgan fingerprint density at radius 2 is 1.67 bits per heavy atom. The summed E-state index contributed by atoms with van der Waals surface area (Å²) in [5, 5.41) is 0.0778. The van der Waals surface area contributed by atoms with E-state index in [0.29, 0.717) is 0 Å². The van der Waals surface area contributed by atoms with Crippen LogP contribution in [0.15, 0.2) is 0 Å². The average molecular weight is 246 g/mol. The molecule has 1 nitrogen and oxygen atoms in total. The summed E-state index contributed by atoms with van der Waals surface area (Å²) in [6.45, 7) is 3.46. The zero-order chi connectivity index (χ0) is 11.7. The van der Waals surface area contributed by atoms with Gasteiger partial charge in [0.15, 0.2) is 11.6 Å². The molecule has 0 aromatic heterocycles. The first-order chi connectivity index (χ1) is 6.86. The third-order valence-corrected chi connectivity index (χ3v) is 2.88. The molecule has 2 radical (unpaired) electrons. The van der Waals surface area contributed by atoms with Gasteiger partial charge in [-0.3, -0.25) is 0 Å². The topological polar surface area (TPSA) is 9.23 Å². The summed E-state index contributed by atoms with van der Waals surface area (Å²) < 4.78 is 32.3. The number of rotatable bonds is 2. The van der Waals surface area contributed by atoms with E-state index in [-0.39, 0.29) is 27.9 Å². The van der Waals surface area contributed by atoms with Crippen molar-refractivity contribution in [1.82, 2.24) is 0 Å². The predicted molar refractivity (Wildman–Crippen MR) is 66.2 cm³/mol. The van der Waals surface area contributed by atoms with Gasteiger partial charge in [0.25, 0.3) is 0 Å². The van der Waals surface area contributed by atoms with E-state index in [2.05, 4.69) is 18.5 Å². The monoisotopic (exact) mass is 246 g/mol. The van der Waals surface area contributed by atoms with Crippen LogP contribution >= 0.6 is 18.5 Å². The van der Waals surface area contributed by atoms with Gasteiger partial charge >= 0.3 is 0 Å². The van der Waals surface area contributed by atoms with Crippen LogP contribution in [0, 0.1) is 11.6 Å². The van der Waals surface area contributed by atoms with Crippen LogP contribution in [0.5, 0.6) is 5.75 Å². The molecule has 0 fully saturated rings. The molecule has 0 heterocycles. The van der Waals surface area contributed by atoms with Crippen molar-refractivity contribution in [2.75, 3.05) is 0 Å². The van der Waals surface area contributed by atoms with Crippen LogP contribution in [0.25, 0.3) is 0 Å². The van der Waals surface area contributed by atoms with E-state index in [9.17, 15) is 8.78 Å². The highest BCUT2D eigenvalue weighted by Gasteiger charge is 2.19. The molecule has 0 spiro atoms. The van der Waals surface area contributed by atoms with Gasteiger partial charge in [-0.05, 0) is 19.3 Å². The molecule has 15 heavy (non-hydrogen) atoms. The maximum absolute atomic E-state index is 13.6. The minimum atomic E-state index is -0.722. The standard InChI is InChI=1S/C9H11BF2OP2/c1-3(2)13-7-5(11)4(10)8(14)6(12)9(7)15/h3H,14-15H2,1-2H3. The van der Waals surface area contributed by atoms with E-state index in [1.807, 2.05) is 0 Å². The molecule has 80 valence electrons. The zero-order valence-electron chi connectivity index (χ0n) is 8.47. The third-order valence-electron chi connectivity index (χ3n) is 1.80. The molecule has 0 aliphatic heterocycles. The molecule has 1 rings (SSSR count). The summed E-state index contributed by atoms with van der Waals surface area (Å²) in [7, 11) is 9.59. The van der Waals surface area contributed by atoms with Crippen LogP contribution in [0.3, 0.4) is 0 Å². The van der Waals surface area contributed by atoms with Crippen molar-refractivity contribution < 1.29 is 13.5 Å². The molecular formula is C9H11BF2OP2. The SMILES string of the molecule is [B]c1c(F)c(OC(C)C)c(P)c(F)c1P. The number of halogens is 2. The Balaban J connectivity index is 3.39. The largest absolute Gasteiger partial charge is 0.487 e. The maximum atomic E-state index is 13.6. The lowest BCUT2D eigenvalue weighted by molar-refractivity contribution is 0.233. The van der Waals surface area contributed by atoms with Gasteiger partial charge in [-0.25, -0.2) is 8.78 Å². The second-order valence-corrected chi connectivity index (χ2v) is 4.52. The van der Waals surface area contributed by atoms with Gasteiger partial charge in [-0.15, -0.1) is 9.24 Å². The third kappa shape index (κ3) is 2.49. The summed E-state index contributed by atoms with van der Waals surface area (Å²) >= 11 is 0. The minimum Gasteiger partial charge on any atom is -0.487 e. The van der Waals surface area contributed by atoms with E-state index >= 15 is 0 Å². The molecule has 0 aliphatic carbocycles. The van der Waals surface area contributed by atoms with E-state index in [1.165, 1.54) is 0 Å². The summed E-state index contributed by atoms with van der Waals surface area (Å²) in [5.41, 5.74) is -0.237. The molecule has 0 saturated heterocycles. The molecule has 6 heteroatoms. The Labute approximate surface area is 93.8 Å². The number of ether oxygens (including phenoxy) is 1. The highest BCUT2D eigenvalue weighted by molar-refractivity contribution is 7.30. The molecule has 1 aromatic rings. The summed E-state index contributed by atoms with van der Waals surface area (Å²) in [5.74, 6) is -1.45. The van der Waals surface area contributed by atoms with Crippen molar-refractivity contribution in [3.63, 3.8) is 0 Å². The highest BCUT2D eigenvalue weighted by Crippen LogP contribution is 2.18. The van der Waals surface area contributed by atoms with Crippen LogP contribution in [0.4, 0.5) is 8.78 Å². The second-order valence-electron chi connectivity index (χ2n) is 3.36. The molecule has 2 atom stereocenters. The lowest BCUT2D eigenvalue weighted by atomic mass is 9.94. The van der Waals surface area contributed by atoms with Gasteiger partial charge in [-0.1, -0.05) is 9.24 Å². The second kappa shape index (κ2) is 4.76. The van der Waals surface area contributed by atoms with E-state index in [0.717, 1.165) is 0 Å². The normalized spacial score (nSPS) is 10.9. The quantitative estimate of drug-likeness (QED) is 0.546. The number of hydrogen-bond donors (Lipinski definition) is 0. The van der Waals surface area contributed by atoms with Gasteiger partial charge in [0.05, 0.1) is 11.4 Å². The smallest absolute Gasteiger partial charge is 0.164 e. The van der Waals surface area contributed by atoms with Crippen LogP contribution in [-0.4, -0.2) is 14.0 Å². The zero-order valence-corrected chi connectivity index (χ0v) is 10.8. The lowest BCUT2D eigenvalue weighted by Gasteiger charge is -2.16. The molecule has 0 aliphatic rings. The Hall–Kier alpha value is -0.195. The van der Waals surface area contributed by atoms with Crippen molar-refractivity contribution in [3.05, 3.63) is 11.6 Å². The lowest BCUT2D eigenvalue weighted by Crippen LogP contribution is -2.33. The molecular weight excluding hydrogens is 235 g/mol. The van der Waals surface area contributed by atoms with E-state index in [1.54, 1.807) is 13.8 Å². The minimum absolute atomic E-state index is 0.0219. The van der Waals surface area contributed by atoms with Crippen LogP contribution in [0.1, 0.15) is 13.8 Å². The van der Waals surface area contributed by atoms with E-state index in [4.69, 9.17) is 12.6 Å². The Bertz CT molecular complexity index is 367. The van der Waals surface area contributed by atoms with Gasteiger partial charge in [-0.2, -0.15) is 0 Å². The molecule has 2 unspecified atom stereocenters. The molecule has 1 aromatic carbocycles. The Morgan fingerprint density at radius 3 is 2.13 bits per heavy atom. The average Bonchev–Trinajstić information content (AvgIpc) is 2.18. The van der Waals surface area contributed by atoms with Crippen molar-refractivity contribution in [2.45, 2.75) is 20.0 Å². The van der Waals surface area contributed by atoms with Gasteiger partial charge < -0.3 is 4.74 Å². The first-order valence-electron chi connectivity index (χ1n) is 4.34. The fraction of sp³-hybridized carbons (Fsp3) is 0.333. The summed E-state index contributed by atoms with van der Waals surface area (Å²) in [6, 6.07) is 0. The number of hydrogen-bond acceptors (Lipinski definition) is 1. The van der Waals surface area contributed by atoms with Crippen LogP contribution in [0.2, 0.25) is 0 Å². The van der Waals surface area contributed by atoms with Crippen molar-refractivity contribution in [1.29, 1.82) is 0 Å². The fourth-order valence-corrected chi connectivity index (χ4v) is 1.87. The Morgan fingerprint density at radius 1 is 1.13 bits per heavy atom. The fourth-order valence-electron chi connectivity index (χ4n) is 1.07. The number of benzene rings is 1. The Kier molecular flexibility index (Phi) is 4.09. The first kappa shape index (κ1) is 12.9. The predicted octanol–water partition coefficient (Wildman–Crippen LogP) is 0.547. The first-order valence-corrected chi connectivity index (χ1v) is 5.49. The van der Waals surface area contributed by atoms with Crippen molar-refractivity contribution >= 4 is 42.4 Å². The maximum Gasteiger partial charge on any atom is 0.164 e. The van der Waals surface area contributed by atoms with Crippen molar-refractivity contribution in [2.24, 2.45) is 0 Å². The highest BCUT2D eigenvalue weighted by atomic mass is 31.0. The molecule has 0 N–H and O–H groups in total.